The van der Waals surface area contributed by atoms with E-state index >= 15 is 0 Å². The minimum Gasteiger partial charge on any atom is -0.494 e. The third kappa shape index (κ3) is 7.37. The number of hydrogen-bond acceptors (Lipinski definition) is 6. The molecule has 2 rings (SSSR count). The zero-order valence-corrected chi connectivity index (χ0v) is 19.3. The number of hydrogen-bond donors (Lipinski definition) is 2. The van der Waals surface area contributed by atoms with Gasteiger partial charge in [0.05, 0.1) is 12.3 Å². The van der Waals surface area contributed by atoms with Gasteiger partial charge in [0.2, 0.25) is 5.88 Å². The highest BCUT2D eigenvalue weighted by molar-refractivity contribution is 5.82. The number of aliphatic imine (C=N–C) groups is 1. The van der Waals surface area contributed by atoms with Gasteiger partial charge in [0.25, 0.3) is 5.56 Å². The monoisotopic (exact) mass is 445 g/mol. The molecule has 0 fully saturated rings. The maximum atomic E-state index is 12.3. The number of H-pyrrole nitrogens is 1. The van der Waals surface area contributed by atoms with Gasteiger partial charge in [0.1, 0.15) is 11.3 Å². The Bertz CT molecular complexity index is 963. The third-order valence-corrected chi connectivity index (χ3v) is 5.22. The van der Waals surface area contributed by atoms with Crippen LogP contribution >= 0.6 is 0 Å². The predicted molar refractivity (Wildman–Crippen MR) is 127 cm³/mol. The van der Waals surface area contributed by atoms with Gasteiger partial charge < -0.3 is 14.6 Å². The first-order valence-corrected chi connectivity index (χ1v) is 11.4. The molecular formula is C24H35N3O5. The number of nitrogens with one attached hydrogen (secondary N) is 1. The molecule has 2 aromatic rings. The fourth-order valence-electron chi connectivity index (χ4n) is 3.31. The van der Waals surface area contributed by atoms with E-state index in [-0.39, 0.29) is 5.56 Å². The van der Waals surface area contributed by atoms with Crippen molar-refractivity contribution in [1.82, 2.24) is 9.55 Å². The van der Waals surface area contributed by atoms with Crippen LogP contribution in [0, 0.1) is 5.92 Å². The molecule has 0 bridgehead atoms. The van der Waals surface area contributed by atoms with Crippen LogP contribution in [0.5, 0.6) is 11.6 Å². The molecule has 0 saturated heterocycles. The van der Waals surface area contributed by atoms with Gasteiger partial charge in [0.15, 0.2) is 0 Å². The normalized spacial score (nSPS) is 12.3. The van der Waals surface area contributed by atoms with E-state index in [0.717, 1.165) is 17.6 Å². The number of aromatic amines is 1. The summed E-state index contributed by atoms with van der Waals surface area (Å²) in [4.78, 5) is 30.9. The Morgan fingerprint density at radius 3 is 2.56 bits per heavy atom. The number of rotatable bonds is 14. The van der Waals surface area contributed by atoms with Crippen LogP contribution in [-0.4, -0.2) is 47.2 Å². The summed E-state index contributed by atoms with van der Waals surface area (Å²) in [5.74, 6) is 0.787. The zero-order chi connectivity index (χ0) is 23.3. The Morgan fingerprint density at radius 1 is 1.16 bits per heavy atom. The van der Waals surface area contributed by atoms with Crippen LogP contribution in [0.4, 0.5) is 0 Å². The molecule has 32 heavy (non-hydrogen) atoms. The molecule has 0 spiro atoms. The molecule has 0 amide bonds. The molecular weight excluding hydrogens is 410 g/mol. The first-order valence-electron chi connectivity index (χ1n) is 11.4. The highest BCUT2D eigenvalue weighted by Crippen LogP contribution is 2.19. The average Bonchev–Trinajstić information content (AvgIpc) is 2.78. The lowest BCUT2D eigenvalue weighted by Gasteiger charge is -2.14. The molecule has 1 aromatic heterocycles. The first kappa shape index (κ1) is 25.4. The van der Waals surface area contributed by atoms with Crippen LogP contribution in [0.25, 0.3) is 5.69 Å². The number of ether oxygens (including phenoxy) is 2. The first-order chi connectivity index (χ1) is 15.5. The highest BCUT2D eigenvalue weighted by Gasteiger charge is 2.14. The van der Waals surface area contributed by atoms with Crippen LogP contribution in [-0.2, 0) is 4.74 Å². The van der Waals surface area contributed by atoms with Crippen molar-refractivity contribution in [2.24, 2.45) is 10.9 Å². The molecule has 1 aromatic carbocycles. The van der Waals surface area contributed by atoms with E-state index in [1.807, 2.05) is 6.92 Å². The summed E-state index contributed by atoms with van der Waals surface area (Å²) in [5, 5.41) is 10.6. The van der Waals surface area contributed by atoms with E-state index in [4.69, 9.17) is 9.47 Å². The second-order valence-corrected chi connectivity index (χ2v) is 7.64. The van der Waals surface area contributed by atoms with Gasteiger partial charge in [0, 0.05) is 26.0 Å². The minimum absolute atomic E-state index is 0.0648. The lowest BCUT2D eigenvalue weighted by atomic mass is 10.0. The van der Waals surface area contributed by atoms with Crippen LogP contribution < -0.4 is 16.0 Å². The Morgan fingerprint density at radius 2 is 1.91 bits per heavy atom. The molecule has 0 aliphatic heterocycles. The molecule has 176 valence electrons. The summed E-state index contributed by atoms with van der Waals surface area (Å²) < 4.78 is 12.2. The van der Waals surface area contributed by atoms with Gasteiger partial charge in [-0.05, 0) is 49.9 Å². The van der Waals surface area contributed by atoms with E-state index in [2.05, 4.69) is 23.8 Å². The highest BCUT2D eigenvalue weighted by atomic mass is 16.5. The topological polar surface area (TPSA) is 106 Å². The predicted octanol–water partition coefficient (Wildman–Crippen LogP) is 3.67. The van der Waals surface area contributed by atoms with Crippen LogP contribution in [0.3, 0.4) is 0 Å². The van der Waals surface area contributed by atoms with Crippen molar-refractivity contribution >= 4 is 6.21 Å². The standard InChI is InChI=1S/C24H35N3O5/c1-4-7-9-18(5-2)17-31-15-8-14-25-16-21-22(28)26-24(30)27(23(21)29)19-10-12-20(13-11-19)32-6-3/h10-13,16,18,29H,4-9,14-15,17H2,1-3H3,(H,26,28,30). The lowest BCUT2D eigenvalue weighted by Crippen LogP contribution is -2.31. The number of unbranched alkanes of at least 4 members (excludes halogenated alkanes) is 1. The molecule has 0 saturated carbocycles. The van der Waals surface area contributed by atoms with Gasteiger partial charge in [-0.3, -0.25) is 14.8 Å². The summed E-state index contributed by atoms with van der Waals surface area (Å²) in [6.45, 7) is 8.57. The molecule has 8 heteroatoms. The number of nitrogens with zero attached hydrogens (tertiary/aromatic N) is 2. The van der Waals surface area contributed by atoms with Crippen molar-refractivity contribution in [1.29, 1.82) is 0 Å². The third-order valence-electron chi connectivity index (χ3n) is 5.22. The lowest BCUT2D eigenvalue weighted by molar-refractivity contribution is 0.0933. The van der Waals surface area contributed by atoms with E-state index in [1.165, 1.54) is 25.5 Å². The van der Waals surface area contributed by atoms with E-state index in [0.29, 0.717) is 43.5 Å². The Kier molecular flexibility index (Phi) is 10.7. The van der Waals surface area contributed by atoms with Crippen LogP contribution in [0.1, 0.15) is 58.4 Å². The Hall–Kier alpha value is -2.87. The number of aromatic nitrogens is 2. The zero-order valence-electron chi connectivity index (χ0n) is 19.3. The maximum absolute atomic E-state index is 12.3. The second kappa shape index (κ2) is 13.5. The molecule has 0 radical (unpaired) electrons. The summed E-state index contributed by atoms with van der Waals surface area (Å²) in [6, 6.07) is 6.64. The minimum atomic E-state index is -0.726. The SMILES string of the molecule is CCCCC(CC)COCCCN=Cc1c(O)n(-c2ccc(OCC)cc2)c(=O)[nH]c1=O. The maximum Gasteiger partial charge on any atom is 0.335 e. The van der Waals surface area contributed by atoms with Gasteiger partial charge in [-0.25, -0.2) is 9.36 Å². The largest absolute Gasteiger partial charge is 0.494 e. The van der Waals surface area contributed by atoms with Gasteiger partial charge in [-0.15, -0.1) is 0 Å². The fraction of sp³-hybridized carbons (Fsp3) is 0.542. The van der Waals surface area contributed by atoms with Crippen LogP contribution in [0.15, 0.2) is 38.8 Å². The van der Waals surface area contributed by atoms with E-state index in [1.54, 1.807) is 24.3 Å². The van der Waals surface area contributed by atoms with Gasteiger partial charge in [-0.1, -0.05) is 33.1 Å². The molecule has 8 nitrogen and oxygen atoms in total. The summed E-state index contributed by atoms with van der Waals surface area (Å²) in [5.41, 5.74) is -1.07. The van der Waals surface area contributed by atoms with Crippen molar-refractivity contribution in [3.8, 4) is 17.3 Å². The molecule has 0 aliphatic rings. The molecule has 1 unspecified atom stereocenters. The molecule has 1 atom stereocenters. The molecule has 1 heterocycles. The second-order valence-electron chi connectivity index (χ2n) is 7.64. The van der Waals surface area contributed by atoms with Crippen molar-refractivity contribution in [3.63, 3.8) is 0 Å². The Balaban J connectivity index is 1.98. The number of benzene rings is 1. The van der Waals surface area contributed by atoms with Crippen molar-refractivity contribution in [2.45, 2.75) is 52.9 Å². The Labute approximate surface area is 188 Å². The molecule has 2 N–H and O–H groups in total. The molecule has 0 aliphatic carbocycles. The van der Waals surface area contributed by atoms with Gasteiger partial charge >= 0.3 is 5.69 Å². The summed E-state index contributed by atoms with van der Waals surface area (Å²) >= 11 is 0. The number of aromatic hydroxyl groups is 1. The fourth-order valence-corrected chi connectivity index (χ4v) is 3.31. The van der Waals surface area contributed by atoms with Crippen molar-refractivity contribution in [3.05, 3.63) is 50.7 Å². The van der Waals surface area contributed by atoms with E-state index < -0.39 is 17.1 Å². The van der Waals surface area contributed by atoms with Crippen LogP contribution in [0.2, 0.25) is 0 Å². The summed E-state index contributed by atoms with van der Waals surface area (Å²) in [7, 11) is 0. The quantitative estimate of drug-likeness (QED) is 0.341. The summed E-state index contributed by atoms with van der Waals surface area (Å²) in [6.07, 6.45) is 6.74. The van der Waals surface area contributed by atoms with Crippen molar-refractivity contribution < 1.29 is 14.6 Å². The van der Waals surface area contributed by atoms with Crippen molar-refractivity contribution in [2.75, 3.05) is 26.4 Å². The van der Waals surface area contributed by atoms with Gasteiger partial charge in [-0.2, -0.15) is 0 Å². The van der Waals surface area contributed by atoms with E-state index in [9.17, 15) is 14.7 Å². The average molecular weight is 446 g/mol. The smallest absolute Gasteiger partial charge is 0.335 e.